The van der Waals surface area contributed by atoms with E-state index in [1.807, 2.05) is 36.4 Å². The second-order valence-electron chi connectivity index (χ2n) is 5.08. The fourth-order valence-electron chi connectivity index (χ4n) is 2.61. The van der Waals surface area contributed by atoms with Crippen molar-refractivity contribution in [1.82, 2.24) is 9.97 Å². The molecule has 3 rings (SSSR count). The Morgan fingerprint density at radius 2 is 1.67 bits per heavy atom. The largest absolute Gasteiger partial charge is 0.496 e. The zero-order valence-corrected chi connectivity index (χ0v) is 13.9. The molecule has 1 aromatic heterocycles. The third kappa shape index (κ3) is 2.90. The van der Waals surface area contributed by atoms with Gasteiger partial charge in [0.05, 0.1) is 21.3 Å². The maximum atomic E-state index is 5.44. The number of nitrogens with zero attached hydrogens (tertiary/aromatic N) is 2. The molecule has 24 heavy (non-hydrogen) atoms. The lowest BCUT2D eigenvalue weighted by Gasteiger charge is -2.13. The highest BCUT2D eigenvalue weighted by Gasteiger charge is 2.13. The van der Waals surface area contributed by atoms with Crippen molar-refractivity contribution in [1.29, 1.82) is 0 Å². The van der Waals surface area contributed by atoms with E-state index in [2.05, 4.69) is 15.3 Å². The summed E-state index contributed by atoms with van der Waals surface area (Å²) >= 11 is 0. The number of anilines is 1. The molecule has 0 bridgehead atoms. The van der Waals surface area contributed by atoms with Gasteiger partial charge < -0.3 is 19.5 Å². The molecule has 6 heteroatoms. The molecule has 0 amide bonds. The van der Waals surface area contributed by atoms with Crippen LogP contribution < -0.4 is 19.5 Å². The van der Waals surface area contributed by atoms with Gasteiger partial charge in [0.1, 0.15) is 23.4 Å². The SMILES string of the molecule is COc1ccccc1CNc1ncnc2c(OC)c(OC)ccc12. The Labute approximate surface area is 140 Å². The van der Waals surface area contributed by atoms with Gasteiger partial charge in [-0.1, -0.05) is 18.2 Å². The summed E-state index contributed by atoms with van der Waals surface area (Å²) in [5.74, 6) is 2.80. The van der Waals surface area contributed by atoms with Crippen LogP contribution in [-0.4, -0.2) is 31.3 Å². The van der Waals surface area contributed by atoms with E-state index in [-0.39, 0.29) is 0 Å². The van der Waals surface area contributed by atoms with Crippen molar-refractivity contribution in [3.63, 3.8) is 0 Å². The van der Waals surface area contributed by atoms with E-state index >= 15 is 0 Å². The Kier molecular flexibility index (Phi) is 4.65. The average molecular weight is 325 g/mol. The van der Waals surface area contributed by atoms with Crippen molar-refractivity contribution in [2.45, 2.75) is 6.54 Å². The van der Waals surface area contributed by atoms with Crippen LogP contribution in [0.3, 0.4) is 0 Å². The molecular formula is C18H19N3O3. The Hall–Kier alpha value is -3.02. The second-order valence-corrected chi connectivity index (χ2v) is 5.08. The van der Waals surface area contributed by atoms with E-state index in [0.717, 1.165) is 22.5 Å². The highest BCUT2D eigenvalue weighted by atomic mass is 16.5. The Morgan fingerprint density at radius 3 is 2.42 bits per heavy atom. The van der Waals surface area contributed by atoms with Crippen LogP contribution in [0.4, 0.5) is 5.82 Å². The first-order valence-electron chi connectivity index (χ1n) is 7.50. The number of rotatable bonds is 6. The molecule has 6 nitrogen and oxygen atoms in total. The molecule has 1 N–H and O–H groups in total. The number of fused-ring (bicyclic) bond motifs is 1. The molecule has 0 aliphatic carbocycles. The van der Waals surface area contributed by atoms with Crippen LogP contribution >= 0.6 is 0 Å². The van der Waals surface area contributed by atoms with Crippen LogP contribution in [0.2, 0.25) is 0 Å². The fraction of sp³-hybridized carbons (Fsp3) is 0.222. The first-order chi connectivity index (χ1) is 11.8. The van der Waals surface area contributed by atoms with E-state index in [0.29, 0.717) is 23.6 Å². The highest BCUT2D eigenvalue weighted by Crippen LogP contribution is 2.36. The molecule has 0 aliphatic rings. The van der Waals surface area contributed by atoms with Crippen LogP contribution in [0.25, 0.3) is 10.9 Å². The number of hydrogen-bond donors (Lipinski definition) is 1. The van der Waals surface area contributed by atoms with E-state index in [4.69, 9.17) is 14.2 Å². The number of methoxy groups -OCH3 is 3. The third-order valence-corrected chi connectivity index (χ3v) is 3.79. The summed E-state index contributed by atoms with van der Waals surface area (Å²) in [5.41, 5.74) is 1.75. The predicted molar refractivity (Wildman–Crippen MR) is 93.0 cm³/mol. The van der Waals surface area contributed by atoms with E-state index < -0.39 is 0 Å². The van der Waals surface area contributed by atoms with Gasteiger partial charge in [0.25, 0.3) is 0 Å². The summed E-state index contributed by atoms with van der Waals surface area (Å²) in [5, 5.41) is 4.21. The third-order valence-electron chi connectivity index (χ3n) is 3.79. The maximum absolute atomic E-state index is 5.44. The quantitative estimate of drug-likeness (QED) is 0.750. The standard InChI is InChI=1S/C18H19N3O3/c1-22-14-7-5-4-6-12(14)10-19-18-13-8-9-15(23-2)17(24-3)16(13)20-11-21-18/h4-9,11H,10H2,1-3H3,(H,19,20,21). The van der Waals surface area contributed by atoms with Gasteiger partial charge in [0.2, 0.25) is 0 Å². The number of ether oxygens (including phenoxy) is 3. The van der Waals surface area contributed by atoms with E-state index in [1.165, 1.54) is 6.33 Å². The zero-order chi connectivity index (χ0) is 16.9. The summed E-state index contributed by atoms with van der Waals surface area (Å²) in [6, 6.07) is 11.6. The van der Waals surface area contributed by atoms with Crippen molar-refractivity contribution in [3.05, 3.63) is 48.3 Å². The van der Waals surface area contributed by atoms with Gasteiger partial charge in [-0.3, -0.25) is 0 Å². The highest BCUT2D eigenvalue weighted by molar-refractivity contribution is 5.94. The molecule has 0 unspecified atom stereocenters. The Balaban J connectivity index is 1.95. The minimum absolute atomic E-state index is 0.588. The molecule has 0 fully saturated rings. The number of benzene rings is 2. The van der Waals surface area contributed by atoms with Gasteiger partial charge in [0.15, 0.2) is 11.5 Å². The smallest absolute Gasteiger partial charge is 0.187 e. The van der Waals surface area contributed by atoms with Crippen molar-refractivity contribution in [2.24, 2.45) is 0 Å². The van der Waals surface area contributed by atoms with Gasteiger partial charge in [-0.05, 0) is 18.2 Å². The Morgan fingerprint density at radius 1 is 0.875 bits per heavy atom. The minimum atomic E-state index is 0.588. The number of para-hydroxylation sites is 1. The van der Waals surface area contributed by atoms with Gasteiger partial charge >= 0.3 is 0 Å². The summed E-state index contributed by atoms with van der Waals surface area (Å²) in [6.07, 6.45) is 1.51. The maximum Gasteiger partial charge on any atom is 0.187 e. The molecule has 0 aliphatic heterocycles. The molecule has 0 radical (unpaired) electrons. The lowest BCUT2D eigenvalue weighted by Crippen LogP contribution is -2.04. The van der Waals surface area contributed by atoms with Crippen molar-refractivity contribution in [2.75, 3.05) is 26.6 Å². The number of hydrogen-bond acceptors (Lipinski definition) is 6. The van der Waals surface area contributed by atoms with Gasteiger partial charge in [0, 0.05) is 17.5 Å². The van der Waals surface area contributed by atoms with Crippen molar-refractivity contribution < 1.29 is 14.2 Å². The molecular weight excluding hydrogens is 306 g/mol. The second kappa shape index (κ2) is 7.04. The lowest BCUT2D eigenvalue weighted by atomic mass is 10.1. The molecule has 1 heterocycles. The fourth-order valence-corrected chi connectivity index (χ4v) is 2.61. The van der Waals surface area contributed by atoms with Gasteiger partial charge in [-0.25, -0.2) is 9.97 Å². The first-order valence-corrected chi connectivity index (χ1v) is 7.50. The molecule has 0 saturated heterocycles. The number of aromatic nitrogens is 2. The topological polar surface area (TPSA) is 65.5 Å². The van der Waals surface area contributed by atoms with E-state index in [9.17, 15) is 0 Å². The van der Waals surface area contributed by atoms with Crippen molar-refractivity contribution >= 4 is 16.7 Å². The van der Waals surface area contributed by atoms with Gasteiger partial charge in [-0.2, -0.15) is 0 Å². The van der Waals surface area contributed by atoms with Gasteiger partial charge in [-0.15, -0.1) is 0 Å². The van der Waals surface area contributed by atoms with Crippen LogP contribution in [0.15, 0.2) is 42.7 Å². The molecule has 0 saturated carbocycles. The van der Waals surface area contributed by atoms with Crippen LogP contribution in [0.1, 0.15) is 5.56 Å². The predicted octanol–water partition coefficient (Wildman–Crippen LogP) is 3.27. The monoisotopic (exact) mass is 325 g/mol. The lowest BCUT2D eigenvalue weighted by molar-refractivity contribution is 0.358. The normalized spacial score (nSPS) is 10.5. The Bertz CT molecular complexity index is 852. The molecule has 0 atom stereocenters. The summed E-state index contributed by atoms with van der Waals surface area (Å²) < 4.78 is 16.1. The molecule has 0 spiro atoms. The van der Waals surface area contributed by atoms with Crippen LogP contribution in [-0.2, 0) is 6.54 Å². The first kappa shape index (κ1) is 15.9. The van der Waals surface area contributed by atoms with Crippen molar-refractivity contribution in [3.8, 4) is 17.2 Å². The summed E-state index contributed by atoms with van der Waals surface area (Å²) in [7, 11) is 4.86. The summed E-state index contributed by atoms with van der Waals surface area (Å²) in [4.78, 5) is 8.68. The number of nitrogens with one attached hydrogen (secondary N) is 1. The minimum Gasteiger partial charge on any atom is -0.496 e. The van der Waals surface area contributed by atoms with Crippen LogP contribution in [0.5, 0.6) is 17.2 Å². The van der Waals surface area contributed by atoms with Crippen LogP contribution in [0, 0.1) is 0 Å². The molecule has 3 aromatic rings. The average Bonchev–Trinajstić information content (AvgIpc) is 2.65. The molecule has 124 valence electrons. The molecule has 2 aromatic carbocycles. The summed E-state index contributed by atoms with van der Waals surface area (Å²) in [6.45, 7) is 0.588. The zero-order valence-electron chi connectivity index (χ0n) is 13.9. The van der Waals surface area contributed by atoms with E-state index in [1.54, 1.807) is 21.3 Å².